The topological polar surface area (TPSA) is 76.8 Å². The van der Waals surface area contributed by atoms with Crippen LogP contribution in [0.2, 0.25) is 0 Å². The van der Waals surface area contributed by atoms with Gasteiger partial charge in [-0.3, -0.25) is 19.1 Å². The highest BCUT2D eigenvalue weighted by atomic mass is 79.9. The van der Waals surface area contributed by atoms with Gasteiger partial charge in [0.2, 0.25) is 5.91 Å². The fourth-order valence-corrected chi connectivity index (χ4v) is 5.06. The van der Waals surface area contributed by atoms with Crippen molar-refractivity contribution in [2.75, 3.05) is 12.9 Å². The minimum atomic E-state index is -0.231. The maximum atomic E-state index is 12.9. The summed E-state index contributed by atoms with van der Waals surface area (Å²) in [7, 11) is 1.60. The molecule has 0 atom stereocenters. The Morgan fingerprint density at radius 1 is 1.21 bits per heavy atom. The molecule has 29 heavy (non-hydrogen) atoms. The number of carbonyl (C=O) groups is 1. The zero-order chi connectivity index (χ0) is 20.5. The minimum Gasteiger partial charge on any atom is -0.497 e. The van der Waals surface area contributed by atoms with Crippen molar-refractivity contribution in [3.8, 4) is 5.75 Å². The van der Waals surface area contributed by atoms with Gasteiger partial charge in [-0.1, -0.05) is 27.7 Å². The number of hydrogen-bond acceptors (Lipinski definition) is 6. The molecule has 3 aromatic rings. The monoisotopic (exact) mass is 536 g/mol. The molecule has 148 valence electrons. The molecule has 0 bridgehead atoms. The lowest BCUT2D eigenvalue weighted by atomic mass is 10.2. The van der Waals surface area contributed by atoms with Gasteiger partial charge in [-0.05, 0) is 52.3 Å². The minimum absolute atomic E-state index is 0.0483. The van der Waals surface area contributed by atoms with Crippen LogP contribution in [0.3, 0.4) is 0 Å². The summed E-state index contributed by atoms with van der Waals surface area (Å²) < 4.78 is 8.05. The van der Waals surface area contributed by atoms with Gasteiger partial charge < -0.3 is 4.74 Å². The first-order valence-corrected chi connectivity index (χ1v) is 11.0. The van der Waals surface area contributed by atoms with E-state index in [-0.39, 0.29) is 23.9 Å². The number of methoxy groups -OCH3 is 1. The zero-order valence-corrected chi connectivity index (χ0v) is 19.1. The number of amides is 1. The Morgan fingerprint density at radius 3 is 2.69 bits per heavy atom. The Morgan fingerprint density at radius 2 is 1.97 bits per heavy atom. The first-order chi connectivity index (χ1) is 14.0. The molecular weight excluding hydrogens is 524 g/mol. The summed E-state index contributed by atoms with van der Waals surface area (Å²) in [5.74, 6) is 0.902. The van der Waals surface area contributed by atoms with Crippen LogP contribution < -0.4 is 10.3 Å². The molecule has 1 amide bonds. The van der Waals surface area contributed by atoms with Crippen LogP contribution in [0.15, 0.2) is 61.5 Å². The number of amidine groups is 1. The summed E-state index contributed by atoms with van der Waals surface area (Å²) in [6.07, 6.45) is 1.45. The Balaban J connectivity index is 1.68. The van der Waals surface area contributed by atoms with E-state index in [1.807, 2.05) is 18.2 Å². The second kappa shape index (κ2) is 8.29. The molecule has 0 unspecified atom stereocenters. The largest absolute Gasteiger partial charge is 0.497 e. The van der Waals surface area contributed by atoms with Crippen LogP contribution in [0, 0.1) is 0 Å². The molecule has 0 N–H and O–H groups in total. The van der Waals surface area contributed by atoms with E-state index in [0.717, 1.165) is 14.7 Å². The summed E-state index contributed by atoms with van der Waals surface area (Å²) in [5.41, 5.74) is 1.04. The lowest BCUT2D eigenvalue weighted by Gasteiger charge is -2.17. The van der Waals surface area contributed by atoms with E-state index in [4.69, 9.17) is 4.74 Å². The van der Waals surface area contributed by atoms with E-state index in [1.165, 1.54) is 27.6 Å². The number of aromatic nitrogens is 2. The predicted octanol–water partition coefficient (Wildman–Crippen LogP) is 4.15. The maximum absolute atomic E-state index is 12.9. The Labute approximate surface area is 187 Å². The molecule has 7 nitrogen and oxygen atoms in total. The maximum Gasteiger partial charge on any atom is 0.262 e. The summed E-state index contributed by atoms with van der Waals surface area (Å²) in [6.45, 7) is 0.0483. The third-order valence-corrected chi connectivity index (χ3v) is 6.32. The van der Waals surface area contributed by atoms with Crippen LogP contribution in [0.4, 0.5) is 5.69 Å². The highest BCUT2D eigenvalue weighted by Crippen LogP contribution is 2.27. The number of carbonyl (C=O) groups excluding carboxylic acids is 1. The molecule has 1 aliphatic rings. The molecule has 0 aliphatic carbocycles. The quantitative estimate of drug-likeness (QED) is 0.499. The summed E-state index contributed by atoms with van der Waals surface area (Å²) in [6, 6.07) is 10.8. The molecule has 1 aromatic heterocycles. The zero-order valence-electron chi connectivity index (χ0n) is 15.1. The molecule has 2 aromatic carbocycles. The van der Waals surface area contributed by atoms with Crippen molar-refractivity contribution in [1.82, 2.24) is 14.5 Å². The fourth-order valence-electron chi connectivity index (χ4n) is 2.84. The normalized spacial score (nSPS) is 15.5. The molecule has 1 aliphatic heterocycles. The van der Waals surface area contributed by atoms with Gasteiger partial charge in [0.25, 0.3) is 5.56 Å². The first-order valence-electron chi connectivity index (χ1n) is 8.46. The number of rotatable bonds is 4. The van der Waals surface area contributed by atoms with Crippen molar-refractivity contribution in [1.29, 1.82) is 0 Å². The van der Waals surface area contributed by atoms with E-state index in [2.05, 4.69) is 41.8 Å². The van der Waals surface area contributed by atoms with E-state index >= 15 is 0 Å². The van der Waals surface area contributed by atoms with Gasteiger partial charge in [0.15, 0.2) is 5.17 Å². The lowest BCUT2D eigenvalue weighted by Crippen LogP contribution is -2.36. The van der Waals surface area contributed by atoms with Crippen LogP contribution in [-0.4, -0.2) is 38.4 Å². The number of nitrogens with zero attached hydrogens (tertiary/aromatic N) is 4. The van der Waals surface area contributed by atoms with E-state index in [9.17, 15) is 9.59 Å². The van der Waals surface area contributed by atoms with Crippen LogP contribution in [0.25, 0.3) is 10.9 Å². The molecule has 4 rings (SSSR count). The van der Waals surface area contributed by atoms with Crippen molar-refractivity contribution in [2.24, 2.45) is 4.99 Å². The van der Waals surface area contributed by atoms with Crippen LogP contribution >= 0.6 is 43.6 Å². The third-order valence-electron chi connectivity index (χ3n) is 4.29. The van der Waals surface area contributed by atoms with Crippen LogP contribution in [-0.2, 0) is 11.5 Å². The van der Waals surface area contributed by atoms with Gasteiger partial charge in [0.1, 0.15) is 12.4 Å². The van der Waals surface area contributed by atoms with Crippen molar-refractivity contribution < 1.29 is 9.53 Å². The number of aliphatic imine (C=N–C) groups is 1. The van der Waals surface area contributed by atoms with Crippen LogP contribution in [0.1, 0.15) is 0 Å². The standard InChI is InChI=1S/C19H14Br2N4O3S/c1-28-13-4-2-12(3-5-13)23-19-25(16(26)8-29-19)10-24-9-22-17-14(18(24)27)6-11(20)7-15(17)21/h2-7,9H,8,10H2,1H3. The van der Waals surface area contributed by atoms with Gasteiger partial charge in [0.05, 0.1) is 35.8 Å². The molecule has 0 saturated carbocycles. The highest BCUT2D eigenvalue weighted by molar-refractivity contribution is 9.11. The van der Waals surface area contributed by atoms with Crippen LogP contribution in [0.5, 0.6) is 5.75 Å². The fraction of sp³-hybridized carbons (Fsp3) is 0.158. The summed E-state index contributed by atoms with van der Waals surface area (Å²) >= 11 is 8.16. The second-order valence-corrected chi connectivity index (χ2v) is 8.86. The number of thioether (sulfide) groups is 1. The molecule has 10 heteroatoms. The number of hydrogen-bond donors (Lipinski definition) is 0. The molecule has 0 radical (unpaired) electrons. The number of fused-ring (bicyclic) bond motifs is 1. The molecule has 0 spiro atoms. The average molecular weight is 538 g/mol. The van der Waals surface area contributed by atoms with Gasteiger partial charge in [-0.2, -0.15) is 0 Å². The predicted molar refractivity (Wildman–Crippen MR) is 121 cm³/mol. The van der Waals surface area contributed by atoms with Gasteiger partial charge >= 0.3 is 0 Å². The van der Waals surface area contributed by atoms with E-state index < -0.39 is 0 Å². The summed E-state index contributed by atoms with van der Waals surface area (Å²) in [5, 5.41) is 1.00. The third kappa shape index (κ3) is 4.10. The average Bonchev–Trinajstić information content (AvgIpc) is 3.04. The summed E-state index contributed by atoms with van der Waals surface area (Å²) in [4.78, 5) is 35.8. The molecule has 1 fully saturated rings. The number of ether oxygens (including phenoxy) is 1. The van der Waals surface area contributed by atoms with Crippen molar-refractivity contribution in [3.63, 3.8) is 0 Å². The molecule has 1 saturated heterocycles. The molecule has 2 heterocycles. The highest BCUT2D eigenvalue weighted by Gasteiger charge is 2.29. The van der Waals surface area contributed by atoms with E-state index in [1.54, 1.807) is 25.3 Å². The van der Waals surface area contributed by atoms with Crippen molar-refractivity contribution in [2.45, 2.75) is 6.67 Å². The smallest absolute Gasteiger partial charge is 0.262 e. The van der Waals surface area contributed by atoms with Gasteiger partial charge in [-0.15, -0.1) is 0 Å². The van der Waals surface area contributed by atoms with E-state index in [0.29, 0.717) is 21.8 Å². The van der Waals surface area contributed by atoms with Gasteiger partial charge in [-0.25, -0.2) is 9.98 Å². The Kier molecular flexibility index (Phi) is 5.75. The lowest BCUT2D eigenvalue weighted by molar-refractivity contribution is -0.125. The number of halogens is 2. The van der Waals surface area contributed by atoms with Gasteiger partial charge in [0, 0.05) is 8.95 Å². The number of benzene rings is 2. The van der Waals surface area contributed by atoms with Crippen molar-refractivity contribution >= 4 is 71.3 Å². The van der Waals surface area contributed by atoms with Crippen molar-refractivity contribution in [3.05, 3.63) is 62.0 Å². The first kappa shape index (κ1) is 20.1. The molecular formula is C19H14Br2N4O3S. The Bertz CT molecular complexity index is 1190. The second-order valence-electron chi connectivity index (χ2n) is 6.15. The Hall–Kier alpha value is -2.17. The SMILES string of the molecule is COc1ccc(N=C2SCC(=O)N2Cn2cnc3c(Br)cc(Br)cc3c2=O)cc1.